The summed E-state index contributed by atoms with van der Waals surface area (Å²) in [6, 6.07) is 21.0. The van der Waals surface area contributed by atoms with E-state index in [0.29, 0.717) is 42.5 Å². The largest absolute Gasteiger partial charge is 0.326 e. The van der Waals surface area contributed by atoms with Crippen LogP contribution in [0.1, 0.15) is 54.2 Å². The van der Waals surface area contributed by atoms with E-state index in [4.69, 9.17) is 5.73 Å². The Balaban J connectivity index is 0.000000318. The predicted octanol–water partition coefficient (Wildman–Crippen LogP) is 6.14. The van der Waals surface area contributed by atoms with Crippen LogP contribution in [0.3, 0.4) is 0 Å². The van der Waals surface area contributed by atoms with Gasteiger partial charge in [-0.15, -0.1) is 0 Å². The Bertz CT molecular complexity index is 1340. The molecular weight excluding hydrogens is 451 g/mol. The molecule has 2 aromatic heterocycles. The quantitative estimate of drug-likeness (QED) is 0.354. The van der Waals surface area contributed by atoms with Gasteiger partial charge < -0.3 is 5.73 Å². The van der Waals surface area contributed by atoms with Crippen molar-refractivity contribution in [2.24, 2.45) is 5.73 Å². The third-order valence-electron chi connectivity index (χ3n) is 5.76. The maximum Gasteiger partial charge on any atom is 0.258 e. The Hall–Kier alpha value is -3.57. The van der Waals surface area contributed by atoms with Gasteiger partial charge >= 0.3 is 0 Å². The monoisotopic (exact) mass is 488 g/mol. The number of nitrogens with zero attached hydrogens (tertiary/aromatic N) is 1. The first-order valence-electron chi connectivity index (χ1n) is 12.4. The molecule has 4 aromatic rings. The maximum atomic E-state index is 14.1. The second-order valence-corrected chi connectivity index (χ2v) is 8.57. The van der Waals surface area contributed by atoms with Crippen LogP contribution in [-0.4, -0.2) is 10.2 Å². The lowest BCUT2D eigenvalue weighted by Gasteiger charge is -2.11. The SMILES string of the molecule is CC.CC(=O)Cc1ccccc1.Cc1cccc(CCc2ccc3c(CN)cc(C)c(=O)n3c2)c1F. The zero-order chi connectivity index (χ0) is 26.7. The van der Waals surface area contributed by atoms with Gasteiger partial charge in [0, 0.05) is 24.7 Å². The summed E-state index contributed by atoms with van der Waals surface area (Å²) in [6.45, 7) is 9.56. The third kappa shape index (κ3) is 7.72. The Morgan fingerprint density at radius 1 is 0.861 bits per heavy atom. The number of hydrogen-bond donors (Lipinski definition) is 1. The van der Waals surface area contributed by atoms with Crippen LogP contribution in [0.25, 0.3) is 5.52 Å². The molecule has 2 N–H and O–H groups in total. The van der Waals surface area contributed by atoms with Crippen molar-refractivity contribution >= 4 is 11.3 Å². The van der Waals surface area contributed by atoms with E-state index in [1.807, 2.05) is 80.7 Å². The lowest BCUT2D eigenvalue weighted by molar-refractivity contribution is -0.116. The smallest absolute Gasteiger partial charge is 0.258 e. The molecule has 0 amide bonds. The number of Topliss-reactive ketones (excluding diaryl/α,β-unsaturated/α-hetero) is 1. The van der Waals surface area contributed by atoms with Crippen LogP contribution in [0, 0.1) is 19.7 Å². The molecule has 0 saturated heterocycles. The van der Waals surface area contributed by atoms with Crippen LogP contribution in [0.5, 0.6) is 0 Å². The first kappa shape index (κ1) is 28.7. The first-order chi connectivity index (χ1) is 17.3. The lowest BCUT2D eigenvalue weighted by atomic mass is 10.0. The molecule has 0 bridgehead atoms. The van der Waals surface area contributed by atoms with E-state index in [2.05, 4.69) is 0 Å². The highest BCUT2D eigenvalue weighted by Gasteiger charge is 2.08. The number of hydrogen-bond acceptors (Lipinski definition) is 3. The number of benzene rings is 2. The van der Waals surface area contributed by atoms with E-state index in [1.54, 1.807) is 31.2 Å². The minimum absolute atomic E-state index is 0.0363. The van der Waals surface area contributed by atoms with E-state index in [0.717, 1.165) is 22.2 Å². The molecule has 36 heavy (non-hydrogen) atoms. The maximum absolute atomic E-state index is 14.1. The van der Waals surface area contributed by atoms with Gasteiger partial charge in [-0.1, -0.05) is 68.4 Å². The Kier molecular flexibility index (Phi) is 11.2. The van der Waals surface area contributed by atoms with Crippen LogP contribution in [0.2, 0.25) is 0 Å². The summed E-state index contributed by atoms with van der Waals surface area (Å²) in [7, 11) is 0. The Morgan fingerprint density at radius 2 is 1.56 bits per heavy atom. The fraction of sp³-hybridized carbons (Fsp3) is 0.290. The van der Waals surface area contributed by atoms with Crippen LogP contribution < -0.4 is 11.3 Å². The molecule has 0 aliphatic carbocycles. The summed E-state index contributed by atoms with van der Waals surface area (Å²) in [5.41, 5.74) is 11.7. The summed E-state index contributed by atoms with van der Waals surface area (Å²) in [6.07, 6.45) is 3.68. The van der Waals surface area contributed by atoms with Gasteiger partial charge in [-0.25, -0.2) is 4.39 Å². The fourth-order valence-corrected chi connectivity index (χ4v) is 3.94. The van der Waals surface area contributed by atoms with E-state index in [1.165, 1.54) is 0 Å². The number of carbonyl (C=O) groups excluding carboxylic acids is 1. The minimum Gasteiger partial charge on any atom is -0.326 e. The van der Waals surface area contributed by atoms with Gasteiger partial charge in [-0.2, -0.15) is 0 Å². The Labute approximate surface area is 213 Å². The van der Waals surface area contributed by atoms with Crippen molar-refractivity contribution in [1.82, 2.24) is 4.40 Å². The van der Waals surface area contributed by atoms with E-state index in [9.17, 15) is 14.0 Å². The molecule has 0 atom stereocenters. The molecule has 0 fully saturated rings. The topological polar surface area (TPSA) is 64.6 Å². The number of rotatable bonds is 6. The highest BCUT2D eigenvalue weighted by molar-refractivity contribution is 5.78. The highest BCUT2D eigenvalue weighted by atomic mass is 19.1. The van der Waals surface area contributed by atoms with E-state index < -0.39 is 0 Å². The average Bonchev–Trinajstić information content (AvgIpc) is 2.89. The van der Waals surface area contributed by atoms with Crippen LogP contribution in [0.15, 0.2) is 77.7 Å². The molecule has 2 aromatic carbocycles. The number of fused-ring (bicyclic) bond motifs is 1. The molecule has 190 valence electrons. The van der Waals surface area contributed by atoms with Crippen molar-refractivity contribution in [2.75, 3.05) is 0 Å². The number of halogens is 1. The summed E-state index contributed by atoms with van der Waals surface area (Å²) in [4.78, 5) is 23.0. The molecule has 0 spiro atoms. The van der Waals surface area contributed by atoms with Crippen molar-refractivity contribution in [2.45, 2.75) is 60.4 Å². The molecule has 0 aliphatic rings. The second-order valence-electron chi connectivity index (χ2n) is 8.57. The fourth-order valence-electron chi connectivity index (χ4n) is 3.94. The lowest BCUT2D eigenvalue weighted by Crippen LogP contribution is -2.19. The number of nitrogens with two attached hydrogens (primary N) is 1. The molecule has 0 unspecified atom stereocenters. The number of aromatic nitrogens is 1. The summed E-state index contributed by atoms with van der Waals surface area (Å²) in [5.74, 6) is 0.0721. The summed E-state index contributed by atoms with van der Waals surface area (Å²) in [5, 5.41) is 0. The van der Waals surface area contributed by atoms with Gasteiger partial charge in [0.1, 0.15) is 11.6 Å². The number of aryl methyl sites for hydroxylation is 4. The van der Waals surface area contributed by atoms with Gasteiger partial charge in [0.25, 0.3) is 5.56 Å². The number of pyridine rings is 2. The van der Waals surface area contributed by atoms with Crippen molar-refractivity contribution in [3.8, 4) is 0 Å². The molecule has 0 radical (unpaired) electrons. The third-order valence-corrected chi connectivity index (χ3v) is 5.76. The number of carbonyl (C=O) groups is 1. The van der Waals surface area contributed by atoms with Crippen LogP contribution in [-0.2, 0) is 30.6 Å². The van der Waals surface area contributed by atoms with E-state index in [-0.39, 0.29) is 17.2 Å². The average molecular weight is 489 g/mol. The number of ketones is 1. The molecule has 4 rings (SSSR count). The minimum atomic E-state index is -0.142. The van der Waals surface area contributed by atoms with Gasteiger partial charge in [0.2, 0.25) is 0 Å². The van der Waals surface area contributed by atoms with Crippen molar-refractivity contribution in [3.63, 3.8) is 0 Å². The van der Waals surface area contributed by atoms with Crippen molar-refractivity contribution in [1.29, 1.82) is 0 Å². The predicted molar refractivity (Wildman–Crippen MR) is 147 cm³/mol. The van der Waals surface area contributed by atoms with Gasteiger partial charge in [0.05, 0.1) is 5.52 Å². The molecule has 4 nitrogen and oxygen atoms in total. The van der Waals surface area contributed by atoms with Crippen molar-refractivity contribution < 1.29 is 9.18 Å². The first-order valence-corrected chi connectivity index (χ1v) is 12.4. The van der Waals surface area contributed by atoms with Gasteiger partial charge in [-0.05, 0) is 73.6 Å². The molecular formula is C31H37FN2O2. The normalized spacial score (nSPS) is 10.2. The van der Waals surface area contributed by atoms with Gasteiger partial charge in [-0.3, -0.25) is 14.0 Å². The van der Waals surface area contributed by atoms with Crippen LogP contribution in [0.4, 0.5) is 4.39 Å². The van der Waals surface area contributed by atoms with Gasteiger partial charge in [0.15, 0.2) is 0 Å². The van der Waals surface area contributed by atoms with Crippen LogP contribution >= 0.6 is 0 Å². The molecule has 2 heterocycles. The summed E-state index contributed by atoms with van der Waals surface area (Å²) >= 11 is 0. The summed E-state index contributed by atoms with van der Waals surface area (Å²) < 4.78 is 15.8. The Morgan fingerprint density at radius 3 is 2.19 bits per heavy atom. The van der Waals surface area contributed by atoms with Crippen molar-refractivity contribution in [3.05, 3.63) is 122 Å². The molecule has 0 aliphatic heterocycles. The molecule has 5 heteroatoms. The molecule has 0 saturated carbocycles. The zero-order valence-corrected chi connectivity index (χ0v) is 22.0. The zero-order valence-electron chi connectivity index (χ0n) is 22.0. The van der Waals surface area contributed by atoms with E-state index >= 15 is 0 Å². The highest BCUT2D eigenvalue weighted by Crippen LogP contribution is 2.16. The second kappa shape index (κ2) is 14.1. The standard InChI is InChI=1S/C20H21FN2O.C9H10O.C2H6/c1-13-4-3-5-16(19(13)21)8-6-15-7-9-18-17(11-22)10-14(2)20(24)23(18)12-15;1-8(10)7-9-5-3-2-4-6-9;1-2/h3-5,7,9-10,12H,6,8,11,22H2,1-2H3;2-6H,7H2,1H3;1-2H3.